The minimum absolute atomic E-state index is 0.480. The highest BCUT2D eigenvalue weighted by Gasteiger charge is 2.36. The van der Waals surface area contributed by atoms with Crippen LogP contribution >= 0.6 is 0 Å². The molecule has 5 rings (SSSR count). The number of rotatable bonds is 6. The molecule has 3 heteroatoms. The lowest BCUT2D eigenvalue weighted by Crippen LogP contribution is -2.34. The fraction of sp³-hybridized carbons (Fsp3) is 0.538. The first-order valence-electron chi connectivity index (χ1n) is 11.7. The lowest BCUT2D eigenvalue weighted by molar-refractivity contribution is 0.204. The zero-order valence-corrected chi connectivity index (χ0v) is 17.6. The van der Waals surface area contributed by atoms with Crippen molar-refractivity contribution in [3.05, 3.63) is 65.2 Å². The van der Waals surface area contributed by atoms with Crippen LogP contribution in [0.4, 0.5) is 0 Å². The van der Waals surface area contributed by atoms with Crippen LogP contribution in [-0.2, 0) is 0 Å². The van der Waals surface area contributed by atoms with E-state index in [2.05, 4.69) is 58.3 Å². The molecule has 0 N–H and O–H groups in total. The third-order valence-electron chi connectivity index (χ3n) is 7.11. The Morgan fingerprint density at radius 3 is 2.59 bits per heavy atom. The largest absolute Gasteiger partial charge is 0.494 e. The lowest BCUT2D eigenvalue weighted by Gasteiger charge is -2.37. The van der Waals surface area contributed by atoms with E-state index in [1.165, 1.54) is 75.0 Å². The highest BCUT2D eigenvalue weighted by molar-refractivity contribution is 5.46. The Labute approximate surface area is 175 Å². The molecule has 3 heterocycles. The maximum atomic E-state index is 6.21. The molecule has 0 bridgehead atoms. The van der Waals surface area contributed by atoms with Crippen molar-refractivity contribution in [2.45, 2.75) is 50.5 Å². The van der Waals surface area contributed by atoms with Crippen molar-refractivity contribution in [3.8, 4) is 5.75 Å². The molecular weight excluding hydrogens is 356 g/mol. The fourth-order valence-electron chi connectivity index (χ4n) is 5.61. The third-order valence-corrected chi connectivity index (χ3v) is 7.11. The highest BCUT2D eigenvalue weighted by Crippen LogP contribution is 2.45. The Kier molecular flexibility index (Phi) is 5.87. The number of fused-ring (bicyclic) bond motifs is 3. The van der Waals surface area contributed by atoms with Crippen LogP contribution in [0.3, 0.4) is 0 Å². The molecule has 0 aromatic heterocycles. The van der Waals surface area contributed by atoms with E-state index in [1.54, 1.807) is 0 Å². The van der Waals surface area contributed by atoms with Crippen LogP contribution in [0, 0.1) is 0 Å². The van der Waals surface area contributed by atoms with Gasteiger partial charge in [0, 0.05) is 25.0 Å². The summed E-state index contributed by atoms with van der Waals surface area (Å²) in [7, 11) is 0. The van der Waals surface area contributed by atoms with Gasteiger partial charge in [-0.05, 0) is 80.6 Å². The smallest absolute Gasteiger partial charge is 0.119 e. The topological polar surface area (TPSA) is 15.7 Å². The maximum Gasteiger partial charge on any atom is 0.119 e. The van der Waals surface area contributed by atoms with E-state index in [-0.39, 0.29) is 0 Å². The summed E-state index contributed by atoms with van der Waals surface area (Å²) >= 11 is 0. The molecule has 0 amide bonds. The van der Waals surface area contributed by atoms with Gasteiger partial charge in [-0.3, -0.25) is 4.90 Å². The van der Waals surface area contributed by atoms with Crippen molar-refractivity contribution in [2.75, 3.05) is 39.3 Å². The first-order valence-corrected chi connectivity index (χ1v) is 11.7. The summed E-state index contributed by atoms with van der Waals surface area (Å²) in [6.45, 7) is 6.93. The Hall–Kier alpha value is -1.84. The number of piperidine rings is 1. The summed E-state index contributed by atoms with van der Waals surface area (Å²) < 4.78 is 6.21. The van der Waals surface area contributed by atoms with Crippen molar-refractivity contribution in [1.29, 1.82) is 0 Å². The van der Waals surface area contributed by atoms with E-state index in [1.807, 2.05) is 0 Å². The van der Waals surface area contributed by atoms with E-state index in [9.17, 15) is 0 Å². The minimum Gasteiger partial charge on any atom is -0.494 e. The molecule has 29 heavy (non-hydrogen) atoms. The molecule has 2 aromatic carbocycles. The van der Waals surface area contributed by atoms with Crippen LogP contribution in [0.1, 0.15) is 67.2 Å². The standard InChI is InChI=1S/C26H34N2O/c1-3-9-21(10-4-1)25-20-28-17-7-11-26(28)24-19-22(12-13-23(24)25)29-18-8-16-27-14-5-2-6-15-27/h1,3-4,9-10,12-13,19,25-26H,2,5-8,11,14-18,20H2/t25-,26+/m1/s1. The van der Waals surface area contributed by atoms with Gasteiger partial charge in [0.25, 0.3) is 0 Å². The molecule has 3 aliphatic rings. The summed E-state index contributed by atoms with van der Waals surface area (Å²) in [5, 5.41) is 0. The SMILES string of the molecule is c1ccc([C@H]2CN3CCC[C@H]3c3cc(OCCCN4CCCCC4)ccc32)cc1. The monoisotopic (exact) mass is 390 g/mol. The molecule has 3 nitrogen and oxygen atoms in total. The average Bonchev–Trinajstić information content (AvgIpc) is 3.26. The number of ether oxygens (including phenoxy) is 1. The quantitative estimate of drug-likeness (QED) is 0.629. The van der Waals surface area contributed by atoms with E-state index in [0.717, 1.165) is 25.3 Å². The van der Waals surface area contributed by atoms with E-state index in [4.69, 9.17) is 4.74 Å². The molecule has 0 radical (unpaired) electrons. The second-order valence-electron chi connectivity index (χ2n) is 9.01. The molecule has 2 aromatic rings. The summed E-state index contributed by atoms with van der Waals surface area (Å²) in [6, 6.07) is 18.5. The zero-order valence-electron chi connectivity index (χ0n) is 17.6. The van der Waals surface area contributed by atoms with Gasteiger partial charge in [-0.1, -0.05) is 42.8 Å². The molecule has 3 aliphatic heterocycles. The molecule has 0 saturated carbocycles. The van der Waals surface area contributed by atoms with Crippen LogP contribution < -0.4 is 4.74 Å². The van der Waals surface area contributed by atoms with Crippen molar-refractivity contribution >= 4 is 0 Å². The van der Waals surface area contributed by atoms with Crippen molar-refractivity contribution in [3.63, 3.8) is 0 Å². The van der Waals surface area contributed by atoms with Gasteiger partial charge in [0.05, 0.1) is 6.61 Å². The normalized spacial score (nSPS) is 24.8. The predicted octanol–water partition coefficient (Wildman–Crippen LogP) is 5.22. The van der Waals surface area contributed by atoms with Crippen LogP contribution in [0.5, 0.6) is 5.75 Å². The summed E-state index contributed by atoms with van der Waals surface area (Å²) in [6.07, 6.45) is 7.86. The molecular formula is C26H34N2O. The van der Waals surface area contributed by atoms with Crippen LogP contribution in [0.2, 0.25) is 0 Å². The number of nitrogens with zero attached hydrogens (tertiary/aromatic N) is 2. The van der Waals surface area contributed by atoms with E-state index < -0.39 is 0 Å². The predicted molar refractivity (Wildman–Crippen MR) is 119 cm³/mol. The lowest BCUT2D eigenvalue weighted by atomic mass is 9.81. The van der Waals surface area contributed by atoms with E-state index >= 15 is 0 Å². The first-order chi connectivity index (χ1) is 14.4. The van der Waals surface area contributed by atoms with Crippen LogP contribution in [0.25, 0.3) is 0 Å². The van der Waals surface area contributed by atoms with Crippen molar-refractivity contribution in [2.24, 2.45) is 0 Å². The molecule has 0 unspecified atom stereocenters. The first kappa shape index (κ1) is 19.1. The number of hydrogen-bond donors (Lipinski definition) is 0. The molecule has 0 aliphatic carbocycles. The van der Waals surface area contributed by atoms with Gasteiger partial charge in [0.2, 0.25) is 0 Å². The Balaban J connectivity index is 1.29. The number of hydrogen-bond acceptors (Lipinski definition) is 3. The van der Waals surface area contributed by atoms with Crippen LogP contribution in [0.15, 0.2) is 48.5 Å². The van der Waals surface area contributed by atoms with Gasteiger partial charge in [-0.25, -0.2) is 0 Å². The van der Waals surface area contributed by atoms with E-state index in [0.29, 0.717) is 12.0 Å². The Morgan fingerprint density at radius 2 is 1.72 bits per heavy atom. The molecule has 0 spiro atoms. The maximum absolute atomic E-state index is 6.21. The van der Waals surface area contributed by atoms with Gasteiger partial charge in [-0.2, -0.15) is 0 Å². The summed E-state index contributed by atoms with van der Waals surface area (Å²) in [5.74, 6) is 1.54. The average molecular weight is 391 g/mol. The second-order valence-corrected chi connectivity index (χ2v) is 9.01. The molecule has 2 fully saturated rings. The van der Waals surface area contributed by atoms with Crippen LogP contribution in [-0.4, -0.2) is 49.1 Å². The number of benzene rings is 2. The van der Waals surface area contributed by atoms with Gasteiger partial charge in [0.15, 0.2) is 0 Å². The minimum atomic E-state index is 0.480. The summed E-state index contributed by atoms with van der Waals surface area (Å²) in [4.78, 5) is 5.29. The van der Waals surface area contributed by atoms with Gasteiger partial charge in [0.1, 0.15) is 5.75 Å². The highest BCUT2D eigenvalue weighted by atomic mass is 16.5. The Bertz CT molecular complexity index is 800. The molecule has 2 atom stereocenters. The Morgan fingerprint density at radius 1 is 0.862 bits per heavy atom. The van der Waals surface area contributed by atoms with Gasteiger partial charge in [-0.15, -0.1) is 0 Å². The van der Waals surface area contributed by atoms with Gasteiger partial charge < -0.3 is 9.64 Å². The summed E-state index contributed by atoms with van der Waals surface area (Å²) in [5.41, 5.74) is 4.46. The fourth-order valence-corrected chi connectivity index (χ4v) is 5.61. The zero-order chi connectivity index (χ0) is 19.5. The van der Waals surface area contributed by atoms with Crippen molar-refractivity contribution < 1.29 is 4.74 Å². The van der Waals surface area contributed by atoms with Crippen molar-refractivity contribution in [1.82, 2.24) is 9.80 Å². The molecule has 154 valence electrons. The number of likely N-dealkylation sites (tertiary alicyclic amines) is 1. The second kappa shape index (κ2) is 8.89. The van der Waals surface area contributed by atoms with Gasteiger partial charge >= 0.3 is 0 Å². The molecule has 2 saturated heterocycles. The third kappa shape index (κ3) is 4.22.